The Morgan fingerprint density at radius 1 is 1.39 bits per heavy atom. The van der Waals surface area contributed by atoms with Gasteiger partial charge < -0.3 is 10.1 Å². The Morgan fingerprint density at radius 3 is 2.83 bits per heavy atom. The third-order valence-corrected chi connectivity index (χ3v) is 2.76. The number of pyridine rings is 1. The Bertz CT molecular complexity index is 504. The minimum atomic E-state index is 0.621. The molecule has 0 amide bonds. The lowest BCUT2D eigenvalue weighted by Crippen LogP contribution is -2.01. The molecule has 96 valence electrons. The highest BCUT2D eigenvalue weighted by Gasteiger charge is 2.05. The molecule has 0 aromatic carbocycles. The molecule has 0 bridgehead atoms. The third kappa shape index (κ3) is 2.80. The summed E-state index contributed by atoms with van der Waals surface area (Å²) in [4.78, 5) is 4.15. The van der Waals surface area contributed by atoms with Gasteiger partial charge in [-0.1, -0.05) is 6.92 Å². The average Bonchev–Trinajstić information content (AvgIpc) is 2.77. The SMILES string of the molecule is CCc1nn(C)cc1CNc1ccc(OC)nc1. The molecule has 0 saturated heterocycles. The second-order valence-corrected chi connectivity index (χ2v) is 4.07. The molecule has 2 aromatic heterocycles. The van der Waals surface area contributed by atoms with E-state index in [4.69, 9.17) is 4.74 Å². The normalized spacial score (nSPS) is 10.4. The van der Waals surface area contributed by atoms with Crippen molar-refractivity contribution in [3.8, 4) is 5.88 Å². The number of hydrogen-bond acceptors (Lipinski definition) is 4. The van der Waals surface area contributed by atoms with E-state index < -0.39 is 0 Å². The number of aromatic nitrogens is 3. The van der Waals surface area contributed by atoms with Gasteiger partial charge >= 0.3 is 0 Å². The molecule has 0 radical (unpaired) electrons. The second-order valence-electron chi connectivity index (χ2n) is 4.07. The van der Waals surface area contributed by atoms with Gasteiger partial charge in [-0.25, -0.2) is 4.98 Å². The fraction of sp³-hybridized carbons (Fsp3) is 0.385. The molecule has 2 heterocycles. The first-order valence-corrected chi connectivity index (χ1v) is 5.98. The van der Waals surface area contributed by atoms with E-state index in [2.05, 4.69) is 22.3 Å². The Balaban J connectivity index is 2.01. The maximum Gasteiger partial charge on any atom is 0.213 e. The monoisotopic (exact) mass is 246 g/mol. The van der Waals surface area contributed by atoms with Crippen molar-refractivity contribution in [1.82, 2.24) is 14.8 Å². The fourth-order valence-corrected chi connectivity index (χ4v) is 1.83. The van der Waals surface area contributed by atoms with Crippen LogP contribution in [0.25, 0.3) is 0 Å². The summed E-state index contributed by atoms with van der Waals surface area (Å²) in [7, 11) is 3.55. The Labute approximate surface area is 107 Å². The zero-order valence-corrected chi connectivity index (χ0v) is 11.0. The van der Waals surface area contributed by atoms with E-state index in [0.29, 0.717) is 5.88 Å². The number of methoxy groups -OCH3 is 1. The van der Waals surface area contributed by atoms with Crippen LogP contribution in [-0.2, 0) is 20.0 Å². The van der Waals surface area contributed by atoms with Crippen molar-refractivity contribution < 1.29 is 4.74 Å². The number of nitrogens with zero attached hydrogens (tertiary/aromatic N) is 3. The van der Waals surface area contributed by atoms with E-state index in [9.17, 15) is 0 Å². The molecule has 0 atom stereocenters. The van der Waals surface area contributed by atoms with Gasteiger partial charge in [0.05, 0.1) is 24.7 Å². The molecule has 0 aliphatic heterocycles. The van der Waals surface area contributed by atoms with Gasteiger partial charge in [-0.3, -0.25) is 4.68 Å². The molecular weight excluding hydrogens is 228 g/mol. The summed E-state index contributed by atoms with van der Waals surface area (Å²) >= 11 is 0. The summed E-state index contributed by atoms with van der Waals surface area (Å²) in [6, 6.07) is 3.79. The van der Waals surface area contributed by atoms with Crippen molar-refractivity contribution >= 4 is 5.69 Å². The standard InChI is InChI=1S/C13H18N4O/c1-4-12-10(9-17(2)16-12)7-14-11-5-6-13(18-3)15-8-11/h5-6,8-9,14H,4,7H2,1-3H3. The number of hydrogen-bond donors (Lipinski definition) is 1. The summed E-state index contributed by atoms with van der Waals surface area (Å²) in [5, 5.41) is 7.74. The van der Waals surface area contributed by atoms with Crippen LogP contribution in [0, 0.1) is 0 Å². The molecule has 2 aromatic rings. The lowest BCUT2D eigenvalue weighted by atomic mass is 10.2. The highest BCUT2D eigenvalue weighted by molar-refractivity contribution is 5.42. The molecule has 0 unspecified atom stereocenters. The minimum Gasteiger partial charge on any atom is -0.481 e. The maximum atomic E-state index is 5.02. The van der Waals surface area contributed by atoms with Crippen LogP contribution >= 0.6 is 0 Å². The van der Waals surface area contributed by atoms with E-state index in [1.54, 1.807) is 13.3 Å². The lowest BCUT2D eigenvalue weighted by Gasteiger charge is -2.06. The first kappa shape index (κ1) is 12.4. The topological polar surface area (TPSA) is 52.0 Å². The van der Waals surface area contributed by atoms with Crippen LogP contribution in [0.4, 0.5) is 5.69 Å². The largest absolute Gasteiger partial charge is 0.481 e. The van der Waals surface area contributed by atoms with Crippen LogP contribution in [0.15, 0.2) is 24.5 Å². The quantitative estimate of drug-likeness (QED) is 0.876. The van der Waals surface area contributed by atoms with E-state index in [1.165, 1.54) is 5.56 Å². The first-order valence-electron chi connectivity index (χ1n) is 5.98. The van der Waals surface area contributed by atoms with Gasteiger partial charge in [0, 0.05) is 31.4 Å². The molecule has 5 heteroatoms. The molecule has 5 nitrogen and oxygen atoms in total. The van der Waals surface area contributed by atoms with Gasteiger partial charge in [0.2, 0.25) is 5.88 Å². The zero-order chi connectivity index (χ0) is 13.0. The van der Waals surface area contributed by atoms with Crippen LogP contribution in [-0.4, -0.2) is 21.9 Å². The van der Waals surface area contributed by atoms with Crippen molar-refractivity contribution in [3.05, 3.63) is 35.8 Å². The van der Waals surface area contributed by atoms with Crippen molar-refractivity contribution in [1.29, 1.82) is 0 Å². The van der Waals surface area contributed by atoms with E-state index >= 15 is 0 Å². The van der Waals surface area contributed by atoms with Crippen molar-refractivity contribution in [2.75, 3.05) is 12.4 Å². The Kier molecular flexibility index (Phi) is 3.82. The average molecular weight is 246 g/mol. The summed E-state index contributed by atoms with van der Waals surface area (Å²) in [6.45, 7) is 2.87. The second kappa shape index (κ2) is 5.53. The summed E-state index contributed by atoms with van der Waals surface area (Å²) in [6.07, 6.45) is 4.75. The Morgan fingerprint density at radius 2 is 2.22 bits per heavy atom. The highest BCUT2D eigenvalue weighted by atomic mass is 16.5. The molecule has 2 rings (SSSR count). The van der Waals surface area contributed by atoms with Gasteiger partial charge in [0.15, 0.2) is 0 Å². The van der Waals surface area contributed by atoms with Gasteiger partial charge in [-0.15, -0.1) is 0 Å². The van der Waals surface area contributed by atoms with Crippen LogP contribution in [0.3, 0.4) is 0 Å². The minimum absolute atomic E-state index is 0.621. The van der Waals surface area contributed by atoms with Gasteiger partial charge in [0.1, 0.15) is 0 Å². The van der Waals surface area contributed by atoms with Crippen LogP contribution in [0.2, 0.25) is 0 Å². The van der Waals surface area contributed by atoms with Crippen LogP contribution in [0.5, 0.6) is 5.88 Å². The molecular formula is C13H18N4O. The zero-order valence-electron chi connectivity index (χ0n) is 11.0. The van der Waals surface area contributed by atoms with Crippen molar-refractivity contribution in [2.24, 2.45) is 7.05 Å². The third-order valence-electron chi connectivity index (χ3n) is 2.76. The van der Waals surface area contributed by atoms with Crippen LogP contribution in [0.1, 0.15) is 18.2 Å². The summed E-state index contributed by atoms with van der Waals surface area (Å²) in [5.74, 6) is 0.621. The predicted molar refractivity (Wildman–Crippen MR) is 70.7 cm³/mol. The first-order chi connectivity index (χ1) is 8.72. The number of ether oxygens (including phenoxy) is 1. The highest BCUT2D eigenvalue weighted by Crippen LogP contribution is 2.14. The number of aryl methyl sites for hydroxylation is 2. The smallest absolute Gasteiger partial charge is 0.213 e. The molecule has 1 N–H and O–H groups in total. The summed E-state index contributed by atoms with van der Waals surface area (Å²) < 4.78 is 6.87. The number of anilines is 1. The number of rotatable bonds is 5. The molecule has 0 saturated carbocycles. The molecule has 0 aliphatic rings. The summed E-state index contributed by atoms with van der Waals surface area (Å²) in [5.41, 5.74) is 3.32. The molecule has 0 fully saturated rings. The molecule has 0 spiro atoms. The Hall–Kier alpha value is -2.04. The number of nitrogens with one attached hydrogen (secondary N) is 1. The maximum absolute atomic E-state index is 5.02. The molecule has 18 heavy (non-hydrogen) atoms. The lowest BCUT2D eigenvalue weighted by molar-refractivity contribution is 0.398. The van der Waals surface area contributed by atoms with Crippen LogP contribution < -0.4 is 10.1 Å². The van der Waals surface area contributed by atoms with Crippen molar-refractivity contribution in [2.45, 2.75) is 19.9 Å². The fourth-order valence-electron chi connectivity index (χ4n) is 1.83. The predicted octanol–water partition coefficient (Wildman–Crippen LogP) is 2.00. The van der Waals surface area contributed by atoms with Gasteiger partial charge in [-0.05, 0) is 12.5 Å². The van der Waals surface area contributed by atoms with Gasteiger partial charge in [-0.2, -0.15) is 5.10 Å². The van der Waals surface area contributed by atoms with Crippen molar-refractivity contribution in [3.63, 3.8) is 0 Å². The van der Waals surface area contributed by atoms with Gasteiger partial charge in [0.25, 0.3) is 0 Å². The van der Waals surface area contributed by atoms with E-state index in [-0.39, 0.29) is 0 Å². The molecule has 0 aliphatic carbocycles. The van der Waals surface area contributed by atoms with E-state index in [0.717, 1.165) is 24.3 Å². The van der Waals surface area contributed by atoms with E-state index in [1.807, 2.05) is 30.1 Å².